The van der Waals surface area contributed by atoms with Crippen molar-refractivity contribution in [3.05, 3.63) is 81.7 Å². The molecule has 0 fully saturated rings. The number of nitrogens with zero attached hydrogens (tertiary/aromatic N) is 2. The summed E-state index contributed by atoms with van der Waals surface area (Å²) in [4.78, 5) is 43.7. The van der Waals surface area contributed by atoms with Gasteiger partial charge < -0.3 is 16.0 Å². The summed E-state index contributed by atoms with van der Waals surface area (Å²) in [5, 5.41) is 3.05. The summed E-state index contributed by atoms with van der Waals surface area (Å²) < 4.78 is 13.2. The van der Waals surface area contributed by atoms with E-state index in [4.69, 9.17) is 5.73 Å². The molecule has 1 aromatic carbocycles. The Kier molecular flexibility index (Phi) is 6.76. The molecule has 7 nitrogen and oxygen atoms in total. The summed E-state index contributed by atoms with van der Waals surface area (Å²) in [5.41, 5.74) is 7.47. The summed E-state index contributed by atoms with van der Waals surface area (Å²) in [6, 6.07) is 8.79. The van der Waals surface area contributed by atoms with Crippen LogP contribution in [-0.2, 0) is 11.3 Å². The first-order valence-corrected chi connectivity index (χ1v) is 10.2. The van der Waals surface area contributed by atoms with Crippen molar-refractivity contribution in [3.8, 4) is 0 Å². The first kappa shape index (κ1) is 22.1. The van der Waals surface area contributed by atoms with E-state index in [9.17, 15) is 18.8 Å². The van der Waals surface area contributed by atoms with Crippen LogP contribution in [0.1, 0.15) is 36.7 Å². The highest BCUT2D eigenvalue weighted by molar-refractivity contribution is 7.16. The van der Waals surface area contributed by atoms with Gasteiger partial charge >= 0.3 is 0 Å². The summed E-state index contributed by atoms with van der Waals surface area (Å²) >= 11 is 1.25. The maximum Gasteiger partial charge on any atom is 0.254 e. The molecule has 0 aliphatic rings. The quantitative estimate of drug-likeness (QED) is 0.588. The number of amides is 3. The van der Waals surface area contributed by atoms with Crippen LogP contribution in [0.3, 0.4) is 0 Å². The average Bonchev–Trinajstić information content (AvgIpc) is 3.02. The molecule has 0 bridgehead atoms. The number of aryl methyl sites for hydroxylation is 1. The number of nitrogens with one attached hydrogen (secondary N) is 1. The predicted molar refractivity (Wildman–Crippen MR) is 116 cm³/mol. The molecule has 3 amide bonds. The third-order valence-corrected chi connectivity index (χ3v) is 5.84. The zero-order valence-corrected chi connectivity index (χ0v) is 17.8. The second-order valence-electron chi connectivity index (χ2n) is 6.92. The fourth-order valence-electron chi connectivity index (χ4n) is 3.04. The lowest BCUT2D eigenvalue weighted by Gasteiger charge is -2.22. The molecule has 9 heteroatoms. The lowest BCUT2D eigenvalue weighted by Crippen LogP contribution is -2.37. The highest BCUT2D eigenvalue weighted by Crippen LogP contribution is 2.32. The monoisotopic (exact) mass is 440 g/mol. The Morgan fingerprint density at radius 3 is 2.35 bits per heavy atom. The third kappa shape index (κ3) is 5.32. The van der Waals surface area contributed by atoms with Crippen molar-refractivity contribution < 1.29 is 18.8 Å². The molecule has 0 unspecified atom stereocenters. The molecule has 0 aliphatic heterocycles. The molecule has 3 N–H and O–H groups in total. The van der Waals surface area contributed by atoms with E-state index in [2.05, 4.69) is 10.3 Å². The molecule has 0 atom stereocenters. The Balaban J connectivity index is 1.83. The van der Waals surface area contributed by atoms with Gasteiger partial charge in [-0.15, -0.1) is 11.3 Å². The van der Waals surface area contributed by atoms with Crippen molar-refractivity contribution in [2.45, 2.75) is 20.4 Å². The standard InChI is InChI=1S/C22H21FN4O3S/c1-13-14(2)31-21(19(13)20(24)29)26-18(28)12-27(11-15-3-5-17(23)6-4-15)22(30)16-7-9-25-10-8-16/h3-10H,11-12H2,1-2H3,(H2,24,29)(H,26,28). The van der Waals surface area contributed by atoms with Gasteiger partial charge in [-0.05, 0) is 49.2 Å². The molecule has 2 aromatic heterocycles. The van der Waals surface area contributed by atoms with Gasteiger partial charge in [0.05, 0.1) is 5.56 Å². The molecule has 2 heterocycles. The van der Waals surface area contributed by atoms with Crippen LogP contribution in [0.15, 0.2) is 48.8 Å². The number of thiophene rings is 1. The van der Waals surface area contributed by atoms with Gasteiger partial charge in [-0.25, -0.2) is 4.39 Å². The minimum atomic E-state index is -0.631. The van der Waals surface area contributed by atoms with E-state index in [0.717, 1.165) is 4.88 Å². The van der Waals surface area contributed by atoms with E-state index in [1.807, 2.05) is 6.92 Å². The van der Waals surface area contributed by atoms with Crippen molar-refractivity contribution in [1.29, 1.82) is 0 Å². The maximum absolute atomic E-state index is 13.2. The topological polar surface area (TPSA) is 105 Å². The average molecular weight is 441 g/mol. The predicted octanol–water partition coefficient (Wildman–Crippen LogP) is 3.28. The Morgan fingerprint density at radius 2 is 1.74 bits per heavy atom. The molecule has 0 aliphatic carbocycles. The number of aromatic nitrogens is 1. The van der Waals surface area contributed by atoms with Gasteiger partial charge in [0, 0.05) is 29.4 Å². The van der Waals surface area contributed by atoms with E-state index >= 15 is 0 Å². The highest BCUT2D eigenvalue weighted by Gasteiger charge is 2.23. The zero-order chi connectivity index (χ0) is 22.5. The summed E-state index contributed by atoms with van der Waals surface area (Å²) in [6.07, 6.45) is 2.97. The van der Waals surface area contributed by atoms with Crippen LogP contribution in [0.25, 0.3) is 0 Å². The second kappa shape index (κ2) is 9.48. The summed E-state index contributed by atoms with van der Waals surface area (Å²) in [7, 11) is 0. The molecule has 160 valence electrons. The molecule has 0 saturated carbocycles. The number of pyridine rings is 1. The normalized spacial score (nSPS) is 10.5. The Hall–Kier alpha value is -3.59. The fourth-order valence-corrected chi connectivity index (χ4v) is 4.12. The first-order chi connectivity index (χ1) is 14.8. The van der Waals surface area contributed by atoms with E-state index < -0.39 is 17.6 Å². The zero-order valence-electron chi connectivity index (χ0n) is 17.0. The number of carbonyl (C=O) groups is 3. The van der Waals surface area contributed by atoms with Crippen molar-refractivity contribution in [2.75, 3.05) is 11.9 Å². The van der Waals surface area contributed by atoms with E-state index in [0.29, 0.717) is 21.7 Å². The first-order valence-electron chi connectivity index (χ1n) is 9.39. The smallest absolute Gasteiger partial charge is 0.254 e. The van der Waals surface area contributed by atoms with Crippen molar-refractivity contribution >= 4 is 34.1 Å². The van der Waals surface area contributed by atoms with E-state index in [-0.39, 0.29) is 24.6 Å². The van der Waals surface area contributed by atoms with Gasteiger partial charge in [-0.1, -0.05) is 12.1 Å². The molecule has 0 spiro atoms. The fraction of sp³-hybridized carbons (Fsp3) is 0.182. The number of benzene rings is 1. The molecule has 0 saturated heterocycles. The number of rotatable bonds is 7. The highest BCUT2D eigenvalue weighted by atomic mass is 32.1. The number of primary amides is 1. The Bertz CT molecular complexity index is 1110. The Labute approximate surface area is 182 Å². The van der Waals surface area contributed by atoms with E-state index in [1.165, 1.54) is 40.8 Å². The molecule has 3 rings (SSSR count). The number of hydrogen-bond donors (Lipinski definition) is 2. The minimum absolute atomic E-state index is 0.0973. The van der Waals surface area contributed by atoms with Crippen molar-refractivity contribution in [3.63, 3.8) is 0 Å². The van der Waals surface area contributed by atoms with Crippen LogP contribution in [0, 0.1) is 19.7 Å². The second-order valence-corrected chi connectivity index (χ2v) is 8.15. The third-order valence-electron chi connectivity index (χ3n) is 4.72. The van der Waals surface area contributed by atoms with Gasteiger partial charge in [-0.3, -0.25) is 19.4 Å². The van der Waals surface area contributed by atoms with Crippen LogP contribution in [0.5, 0.6) is 0 Å². The van der Waals surface area contributed by atoms with Crippen LogP contribution in [-0.4, -0.2) is 34.2 Å². The van der Waals surface area contributed by atoms with Gasteiger partial charge in [0.25, 0.3) is 11.8 Å². The number of anilines is 1. The van der Waals surface area contributed by atoms with Crippen LogP contribution in [0.4, 0.5) is 9.39 Å². The number of nitrogens with two attached hydrogens (primary N) is 1. The SMILES string of the molecule is Cc1sc(NC(=O)CN(Cc2ccc(F)cc2)C(=O)c2ccncc2)c(C(N)=O)c1C. The van der Waals surface area contributed by atoms with Crippen LogP contribution < -0.4 is 11.1 Å². The van der Waals surface area contributed by atoms with Crippen LogP contribution >= 0.6 is 11.3 Å². The van der Waals surface area contributed by atoms with Gasteiger partial charge in [-0.2, -0.15) is 0 Å². The Morgan fingerprint density at radius 1 is 1.10 bits per heavy atom. The summed E-state index contributed by atoms with van der Waals surface area (Å²) in [6.45, 7) is 3.41. The lowest BCUT2D eigenvalue weighted by molar-refractivity contribution is -0.117. The number of carbonyl (C=O) groups excluding carboxylic acids is 3. The number of hydrogen-bond acceptors (Lipinski definition) is 5. The van der Waals surface area contributed by atoms with Crippen LogP contribution in [0.2, 0.25) is 0 Å². The van der Waals surface area contributed by atoms with Crippen molar-refractivity contribution in [2.24, 2.45) is 5.73 Å². The summed E-state index contributed by atoms with van der Waals surface area (Å²) in [5.74, 6) is -1.88. The molecule has 31 heavy (non-hydrogen) atoms. The van der Waals surface area contributed by atoms with Gasteiger partial charge in [0.2, 0.25) is 5.91 Å². The molecular formula is C22H21FN4O3S. The number of halogens is 1. The lowest BCUT2D eigenvalue weighted by atomic mass is 10.1. The minimum Gasteiger partial charge on any atom is -0.365 e. The maximum atomic E-state index is 13.2. The molecule has 0 radical (unpaired) electrons. The van der Waals surface area contributed by atoms with E-state index in [1.54, 1.807) is 31.2 Å². The van der Waals surface area contributed by atoms with Gasteiger partial charge in [0.15, 0.2) is 0 Å². The molecular weight excluding hydrogens is 419 g/mol. The largest absolute Gasteiger partial charge is 0.365 e. The van der Waals surface area contributed by atoms with Crippen molar-refractivity contribution in [1.82, 2.24) is 9.88 Å². The molecule has 3 aromatic rings. The van der Waals surface area contributed by atoms with Gasteiger partial charge in [0.1, 0.15) is 17.4 Å².